The molecule has 0 saturated heterocycles. The Morgan fingerprint density at radius 3 is 2.22 bits per heavy atom. The van der Waals surface area contributed by atoms with E-state index < -0.39 is 15.6 Å². The molecule has 0 amide bonds. The first-order valence-electron chi connectivity index (χ1n) is 5.62. The summed E-state index contributed by atoms with van der Waals surface area (Å²) in [6, 6.07) is 6.22. The van der Waals surface area contributed by atoms with Gasteiger partial charge in [0.15, 0.2) is 0 Å². The summed E-state index contributed by atoms with van der Waals surface area (Å²) in [5.74, 6) is 0. The molecule has 0 unspecified atom stereocenters. The highest BCUT2D eigenvalue weighted by Crippen LogP contribution is 2.16. The molecular formula is C12H18N2O2S2. The third-order valence-electron chi connectivity index (χ3n) is 2.74. The van der Waals surface area contributed by atoms with Gasteiger partial charge in [-0.1, -0.05) is 31.3 Å². The maximum Gasteiger partial charge on any atom is 0.241 e. The van der Waals surface area contributed by atoms with Gasteiger partial charge in [-0.25, -0.2) is 13.1 Å². The first-order chi connectivity index (χ1) is 8.18. The SMILES string of the molecule is CCC(C)(C)NS(=O)(=O)c1ccc(C(N)=S)cc1. The van der Waals surface area contributed by atoms with E-state index in [0.29, 0.717) is 12.0 Å². The zero-order valence-corrected chi connectivity index (χ0v) is 12.4. The number of thiocarbonyl (C=S) groups is 1. The van der Waals surface area contributed by atoms with E-state index in [4.69, 9.17) is 18.0 Å². The van der Waals surface area contributed by atoms with Crippen LogP contribution in [0.4, 0.5) is 0 Å². The lowest BCUT2D eigenvalue weighted by molar-refractivity contribution is 0.439. The Bertz CT molecular complexity index is 534. The number of nitrogens with two attached hydrogens (primary N) is 1. The van der Waals surface area contributed by atoms with E-state index in [1.165, 1.54) is 12.1 Å². The topological polar surface area (TPSA) is 72.2 Å². The molecule has 0 aliphatic heterocycles. The van der Waals surface area contributed by atoms with Gasteiger partial charge < -0.3 is 5.73 Å². The molecule has 3 N–H and O–H groups in total. The quantitative estimate of drug-likeness (QED) is 0.809. The van der Waals surface area contributed by atoms with Gasteiger partial charge >= 0.3 is 0 Å². The molecule has 0 aliphatic carbocycles. The van der Waals surface area contributed by atoms with Crippen LogP contribution in [0.15, 0.2) is 29.2 Å². The molecule has 100 valence electrons. The van der Waals surface area contributed by atoms with Crippen LogP contribution in [-0.4, -0.2) is 18.9 Å². The van der Waals surface area contributed by atoms with E-state index in [1.54, 1.807) is 12.1 Å². The lowest BCUT2D eigenvalue weighted by Gasteiger charge is -2.24. The second-order valence-corrected chi connectivity index (χ2v) is 6.85. The normalized spacial score (nSPS) is 12.4. The van der Waals surface area contributed by atoms with Crippen LogP contribution in [0.3, 0.4) is 0 Å². The molecule has 0 aliphatic rings. The van der Waals surface area contributed by atoms with Gasteiger partial charge in [-0.05, 0) is 32.4 Å². The summed E-state index contributed by atoms with van der Waals surface area (Å²) in [7, 11) is -3.51. The first kappa shape index (κ1) is 15.1. The van der Waals surface area contributed by atoms with Gasteiger partial charge in [0.05, 0.1) is 4.90 Å². The molecule has 1 rings (SSSR count). The van der Waals surface area contributed by atoms with E-state index in [-0.39, 0.29) is 9.88 Å². The Morgan fingerprint density at radius 1 is 1.33 bits per heavy atom. The van der Waals surface area contributed by atoms with Crippen LogP contribution in [0.2, 0.25) is 0 Å². The molecule has 0 fully saturated rings. The Morgan fingerprint density at radius 2 is 1.83 bits per heavy atom. The Balaban J connectivity index is 3.03. The molecule has 0 radical (unpaired) electrons. The van der Waals surface area contributed by atoms with Crippen LogP contribution in [0, 0.1) is 0 Å². The average Bonchev–Trinajstić information content (AvgIpc) is 2.28. The predicted octanol–water partition coefficient (Wildman–Crippen LogP) is 1.79. The fraction of sp³-hybridized carbons (Fsp3) is 0.417. The number of sulfonamides is 1. The fourth-order valence-electron chi connectivity index (χ4n) is 1.29. The minimum absolute atomic E-state index is 0.212. The number of hydrogen-bond acceptors (Lipinski definition) is 3. The highest BCUT2D eigenvalue weighted by Gasteiger charge is 2.24. The molecule has 1 aromatic carbocycles. The van der Waals surface area contributed by atoms with Crippen molar-refractivity contribution in [3.05, 3.63) is 29.8 Å². The van der Waals surface area contributed by atoms with Crippen LogP contribution in [-0.2, 0) is 10.0 Å². The standard InChI is InChI=1S/C12H18N2O2S2/c1-4-12(2,3)14-18(15,16)10-7-5-9(6-8-10)11(13)17/h5-8,14H,4H2,1-3H3,(H2,13,17). The maximum absolute atomic E-state index is 12.1. The zero-order chi connectivity index (χ0) is 14.0. The second-order valence-electron chi connectivity index (χ2n) is 4.73. The van der Waals surface area contributed by atoms with Crippen molar-refractivity contribution >= 4 is 27.2 Å². The molecule has 0 aromatic heterocycles. The van der Waals surface area contributed by atoms with E-state index >= 15 is 0 Å². The summed E-state index contributed by atoms with van der Waals surface area (Å²) >= 11 is 4.82. The van der Waals surface area contributed by atoms with E-state index in [0.717, 1.165) is 0 Å². The molecule has 0 bridgehead atoms. The third kappa shape index (κ3) is 3.76. The number of hydrogen-bond donors (Lipinski definition) is 2. The molecule has 6 heteroatoms. The van der Waals surface area contributed by atoms with Crippen molar-refractivity contribution in [2.24, 2.45) is 5.73 Å². The zero-order valence-electron chi connectivity index (χ0n) is 10.7. The van der Waals surface area contributed by atoms with Gasteiger partial charge in [0.1, 0.15) is 4.99 Å². The summed E-state index contributed by atoms with van der Waals surface area (Å²) in [6.45, 7) is 5.61. The predicted molar refractivity (Wildman–Crippen MR) is 77.0 cm³/mol. The van der Waals surface area contributed by atoms with Crippen molar-refractivity contribution in [3.63, 3.8) is 0 Å². The average molecular weight is 286 g/mol. The van der Waals surface area contributed by atoms with E-state index in [9.17, 15) is 8.42 Å². The lowest BCUT2D eigenvalue weighted by Crippen LogP contribution is -2.42. The summed E-state index contributed by atoms with van der Waals surface area (Å²) in [5.41, 5.74) is 5.64. The van der Waals surface area contributed by atoms with Crippen molar-refractivity contribution in [1.29, 1.82) is 0 Å². The van der Waals surface area contributed by atoms with Crippen LogP contribution in [0.25, 0.3) is 0 Å². The van der Waals surface area contributed by atoms with Crippen molar-refractivity contribution < 1.29 is 8.42 Å². The van der Waals surface area contributed by atoms with Crippen LogP contribution in [0.5, 0.6) is 0 Å². The first-order valence-corrected chi connectivity index (χ1v) is 7.51. The molecule has 0 heterocycles. The van der Waals surface area contributed by atoms with Crippen molar-refractivity contribution in [3.8, 4) is 0 Å². The smallest absolute Gasteiger partial charge is 0.241 e. The van der Waals surface area contributed by atoms with E-state index in [2.05, 4.69) is 4.72 Å². The van der Waals surface area contributed by atoms with Gasteiger partial charge in [-0.2, -0.15) is 0 Å². The molecule has 4 nitrogen and oxygen atoms in total. The Hall–Kier alpha value is -0.980. The Kier molecular flexibility index (Phi) is 4.47. The maximum atomic E-state index is 12.1. The molecule has 0 atom stereocenters. The van der Waals surface area contributed by atoms with Crippen LogP contribution >= 0.6 is 12.2 Å². The second kappa shape index (κ2) is 5.34. The van der Waals surface area contributed by atoms with Gasteiger partial charge in [0.2, 0.25) is 10.0 Å². The lowest BCUT2D eigenvalue weighted by atomic mass is 10.0. The van der Waals surface area contributed by atoms with Crippen LogP contribution in [0.1, 0.15) is 32.8 Å². The molecule has 1 aromatic rings. The fourth-order valence-corrected chi connectivity index (χ4v) is 2.91. The number of rotatable bonds is 5. The number of benzene rings is 1. The minimum Gasteiger partial charge on any atom is -0.389 e. The van der Waals surface area contributed by atoms with Gasteiger partial charge in [-0.15, -0.1) is 0 Å². The van der Waals surface area contributed by atoms with Crippen LogP contribution < -0.4 is 10.5 Å². The minimum atomic E-state index is -3.51. The number of nitrogens with one attached hydrogen (secondary N) is 1. The van der Waals surface area contributed by atoms with Crippen molar-refractivity contribution in [1.82, 2.24) is 4.72 Å². The molecule has 0 saturated carbocycles. The summed E-state index contributed by atoms with van der Waals surface area (Å²) in [4.78, 5) is 0.463. The highest BCUT2D eigenvalue weighted by atomic mass is 32.2. The van der Waals surface area contributed by atoms with E-state index in [1.807, 2.05) is 20.8 Å². The molecule has 18 heavy (non-hydrogen) atoms. The van der Waals surface area contributed by atoms with Gasteiger partial charge in [-0.3, -0.25) is 0 Å². The summed E-state index contributed by atoms with van der Waals surface area (Å²) in [6.07, 6.45) is 0.706. The van der Waals surface area contributed by atoms with Crippen molar-refractivity contribution in [2.45, 2.75) is 37.6 Å². The summed E-state index contributed by atoms with van der Waals surface area (Å²) in [5, 5.41) is 0. The van der Waals surface area contributed by atoms with Crippen molar-refractivity contribution in [2.75, 3.05) is 0 Å². The largest absolute Gasteiger partial charge is 0.389 e. The van der Waals surface area contributed by atoms with Gasteiger partial charge in [0.25, 0.3) is 0 Å². The third-order valence-corrected chi connectivity index (χ3v) is 4.69. The van der Waals surface area contributed by atoms with Gasteiger partial charge in [0, 0.05) is 11.1 Å². The molecular weight excluding hydrogens is 268 g/mol. The Labute approximate surface area is 114 Å². The highest BCUT2D eigenvalue weighted by molar-refractivity contribution is 7.89. The summed E-state index contributed by atoms with van der Waals surface area (Å²) < 4.78 is 26.9. The molecule has 0 spiro atoms. The monoisotopic (exact) mass is 286 g/mol.